The molecule has 0 atom stereocenters. The van der Waals surface area contributed by atoms with Crippen LogP contribution >= 0.6 is 46.4 Å². The minimum absolute atomic E-state index is 0.449. The van der Waals surface area contributed by atoms with Crippen LogP contribution in [-0.2, 0) is 0 Å². The predicted octanol–water partition coefficient (Wildman–Crippen LogP) is 6.03. The molecule has 1 heterocycles. The van der Waals surface area contributed by atoms with E-state index in [4.69, 9.17) is 46.4 Å². The Labute approximate surface area is 159 Å². The number of benzene rings is 2. The van der Waals surface area contributed by atoms with Gasteiger partial charge >= 0.3 is 0 Å². The van der Waals surface area contributed by atoms with Gasteiger partial charge < -0.3 is 0 Å². The van der Waals surface area contributed by atoms with Crippen molar-refractivity contribution in [2.75, 3.05) is 0 Å². The maximum absolute atomic E-state index is 6.12. The van der Waals surface area contributed by atoms with Gasteiger partial charge in [0.2, 0.25) is 0 Å². The van der Waals surface area contributed by atoms with E-state index in [9.17, 15) is 0 Å². The van der Waals surface area contributed by atoms with Gasteiger partial charge in [-0.05, 0) is 43.3 Å². The third-order valence-electron chi connectivity index (χ3n) is 3.29. The number of rotatable bonds is 2. The summed E-state index contributed by atoms with van der Waals surface area (Å²) in [5, 5.41) is 1.88. The van der Waals surface area contributed by atoms with Crippen LogP contribution in [0.15, 0.2) is 53.8 Å². The Kier molecular flexibility index (Phi) is 5.16. The summed E-state index contributed by atoms with van der Waals surface area (Å²) in [6, 6.07) is 12.4. The second-order valence-corrected chi connectivity index (χ2v) is 6.70. The highest BCUT2D eigenvalue weighted by Gasteiger charge is 2.04. The summed E-state index contributed by atoms with van der Waals surface area (Å²) < 4.78 is 1.82. The first-order valence-electron chi connectivity index (χ1n) is 6.94. The van der Waals surface area contributed by atoms with Crippen LogP contribution in [0.2, 0.25) is 20.1 Å². The summed E-state index contributed by atoms with van der Waals surface area (Å²) in [6.07, 6.45) is 1.69. The first-order valence-corrected chi connectivity index (χ1v) is 8.46. The van der Waals surface area contributed by atoms with Crippen molar-refractivity contribution < 1.29 is 0 Å². The summed E-state index contributed by atoms with van der Waals surface area (Å²) in [5.41, 5.74) is 3.00. The lowest BCUT2D eigenvalue weighted by atomic mass is 10.3. The van der Waals surface area contributed by atoms with Gasteiger partial charge in [0.25, 0.3) is 0 Å². The third-order valence-corrected chi connectivity index (χ3v) is 4.77. The zero-order valence-electron chi connectivity index (χ0n) is 12.5. The maximum Gasteiger partial charge on any atom is 0.140 e. The highest BCUT2D eigenvalue weighted by atomic mass is 35.5. The van der Waals surface area contributed by atoms with E-state index in [1.807, 2.05) is 23.6 Å². The lowest BCUT2D eigenvalue weighted by Gasteiger charge is -2.09. The van der Waals surface area contributed by atoms with Crippen LogP contribution in [0.3, 0.4) is 0 Å². The van der Waals surface area contributed by atoms with Crippen LogP contribution in [0.5, 0.6) is 0 Å². The van der Waals surface area contributed by atoms with Crippen LogP contribution in [0, 0.1) is 6.92 Å². The molecule has 0 aliphatic rings. The maximum atomic E-state index is 6.12. The smallest absolute Gasteiger partial charge is 0.140 e. The van der Waals surface area contributed by atoms with E-state index in [1.165, 1.54) is 0 Å². The van der Waals surface area contributed by atoms with Crippen molar-refractivity contribution in [2.24, 2.45) is 4.99 Å². The van der Waals surface area contributed by atoms with Crippen molar-refractivity contribution in [1.82, 2.24) is 9.55 Å². The van der Waals surface area contributed by atoms with E-state index >= 15 is 0 Å². The molecular formula is C17H11Cl4N3. The molecule has 0 aliphatic carbocycles. The number of halogens is 4. The van der Waals surface area contributed by atoms with Crippen molar-refractivity contribution in [3.05, 3.63) is 80.1 Å². The molecule has 0 fully saturated rings. The lowest BCUT2D eigenvalue weighted by Crippen LogP contribution is -2.19. The van der Waals surface area contributed by atoms with E-state index < -0.39 is 0 Å². The number of hydrogen-bond acceptors (Lipinski definition) is 2. The standard InChI is InChI=1S/C17H11Cl4N3/c1-10-6-17(23-11-2-4-13(18)15(20)7-11)24(9-22-10)12-3-5-14(19)16(21)8-12/h2-9H,1H3. The van der Waals surface area contributed by atoms with Crippen molar-refractivity contribution >= 4 is 52.1 Å². The number of aromatic nitrogens is 2. The monoisotopic (exact) mass is 397 g/mol. The first-order chi connectivity index (χ1) is 11.4. The minimum atomic E-state index is 0.449. The topological polar surface area (TPSA) is 30.2 Å². The number of hydrogen-bond donors (Lipinski definition) is 0. The third kappa shape index (κ3) is 3.76. The van der Waals surface area contributed by atoms with Gasteiger partial charge in [0.05, 0.1) is 31.5 Å². The summed E-state index contributed by atoms with van der Waals surface area (Å²) >= 11 is 24.1. The molecule has 3 nitrogen and oxygen atoms in total. The van der Waals surface area contributed by atoms with Crippen molar-refractivity contribution in [3.63, 3.8) is 0 Å². The van der Waals surface area contributed by atoms with E-state index in [0.717, 1.165) is 11.4 Å². The molecule has 122 valence electrons. The van der Waals surface area contributed by atoms with Gasteiger partial charge in [0, 0.05) is 11.8 Å². The van der Waals surface area contributed by atoms with Gasteiger partial charge in [0.15, 0.2) is 0 Å². The van der Waals surface area contributed by atoms with Gasteiger partial charge in [-0.15, -0.1) is 0 Å². The molecule has 0 bridgehead atoms. The van der Waals surface area contributed by atoms with Gasteiger partial charge in [-0.2, -0.15) is 0 Å². The molecule has 1 aromatic heterocycles. The predicted molar refractivity (Wildman–Crippen MR) is 100 cm³/mol. The molecule has 24 heavy (non-hydrogen) atoms. The fourth-order valence-corrected chi connectivity index (χ4v) is 2.69. The van der Waals surface area contributed by atoms with E-state index in [-0.39, 0.29) is 0 Å². The average Bonchev–Trinajstić information content (AvgIpc) is 2.54. The molecule has 0 unspecified atom stereocenters. The van der Waals surface area contributed by atoms with Crippen molar-refractivity contribution in [1.29, 1.82) is 0 Å². The Morgan fingerprint density at radius 2 is 1.50 bits per heavy atom. The Hall–Kier alpha value is -1.52. The molecular weight excluding hydrogens is 388 g/mol. The molecule has 0 radical (unpaired) electrons. The van der Waals surface area contributed by atoms with E-state index in [0.29, 0.717) is 31.3 Å². The Morgan fingerprint density at radius 3 is 2.17 bits per heavy atom. The van der Waals surface area contributed by atoms with Gasteiger partial charge in [-0.3, -0.25) is 4.57 Å². The summed E-state index contributed by atoms with van der Waals surface area (Å²) in [7, 11) is 0. The molecule has 3 aromatic rings. The van der Waals surface area contributed by atoms with Crippen molar-refractivity contribution in [3.8, 4) is 5.69 Å². The normalized spacial score (nSPS) is 11.8. The van der Waals surface area contributed by atoms with Crippen LogP contribution in [0.1, 0.15) is 5.69 Å². The Bertz CT molecular complexity index is 980. The first kappa shape index (κ1) is 17.3. The molecule has 3 rings (SSSR count). The lowest BCUT2D eigenvalue weighted by molar-refractivity contribution is 0.889. The van der Waals surface area contributed by atoms with E-state index in [2.05, 4.69) is 9.98 Å². The second-order valence-electron chi connectivity index (χ2n) is 5.07. The summed E-state index contributed by atoms with van der Waals surface area (Å²) in [6.45, 7) is 1.90. The highest BCUT2D eigenvalue weighted by molar-refractivity contribution is 6.42. The second kappa shape index (κ2) is 7.16. The average molecular weight is 399 g/mol. The molecule has 0 saturated carbocycles. The zero-order chi connectivity index (χ0) is 17.3. The summed E-state index contributed by atoms with van der Waals surface area (Å²) in [4.78, 5) is 8.96. The van der Waals surface area contributed by atoms with Crippen LogP contribution in [0.25, 0.3) is 5.69 Å². The summed E-state index contributed by atoms with van der Waals surface area (Å²) in [5.74, 6) is 0. The Balaban J connectivity index is 2.20. The quantitative estimate of drug-likeness (QED) is 0.518. The molecule has 2 aromatic carbocycles. The van der Waals surface area contributed by atoms with Crippen LogP contribution in [0.4, 0.5) is 5.69 Å². The van der Waals surface area contributed by atoms with Crippen LogP contribution < -0.4 is 5.49 Å². The SMILES string of the molecule is Cc1cc(=Nc2ccc(Cl)c(Cl)c2)n(-c2ccc(Cl)c(Cl)c2)cn1. The minimum Gasteiger partial charge on any atom is -0.285 e. The van der Waals surface area contributed by atoms with Gasteiger partial charge in [-0.25, -0.2) is 9.98 Å². The van der Waals surface area contributed by atoms with Gasteiger partial charge in [-0.1, -0.05) is 46.4 Å². The van der Waals surface area contributed by atoms with Crippen molar-refractivity contribution in [2.45, 2.75) is 6.92 Å². The fourth-order valence-electron chi connectivity index (χ4n) is 2.11. The molecule has 0 N–H and O–H groups in total. The number of aryl methyl sites for hydroxylation is 1. The highest BCUT2D eigenvalue weighted by Crippen LogP contribution is 2.26. The molecule has 7 heteroatoms. The molecule has 0 spiro atoms. The molecule has 0 aliphatic heterocycles. The Morgan fingerprint density at radius 1 is 0.833 bits per heavy atom. The van der Waals surface area contributed by atoms with E-state index in [1.54, 1.807) is 36.7 Å². The zero-order valence-corrected chi connectivity index (χ0v) is 15.5. The number of nitrogens with zero attached hydrogens (tertiary/aromatic N) is 3. The largest absolute Gasteiger partial charge is 0.285 e. The molecule has 0 saturated heterocycles. The molecule has 0 amide bonds. The van der Waals surface area contributed by atoms with Gasteiger partial charge in [0.1, 0.15) is 11.8 Å². The fraction of sp³-hybridized carbons (Fsp3) is 0.0588. The van der Waals surface area contributed by atoms with Crippen LogP contribution in [-0.4, -0.2) is 9.55 Å².